The topological polar surface area (TPSA) is 98.7 Å². The largest absolute Gasteiger partial charge is 0.348 e. The summed E-state index contributed by atoms with van der Waals surface area (Å²) in [7, 11) is 0. The number of rotatable bonds is 3. The molecule has 1 amide bonds. The quantitative estimate of drug-likeness (QED) is 0.675. The highest BCUT2D eigenvalue weighted by atomic mass is 35.5. The molecule has 7 nitrogen and oxygen atoms in total. The van der Waals surface area contributed by atoms with Gasteiger partial charge in [-0.3, -0.25) is 9.78 Å². The number of aromatic nitrogens is 4. The fourth-order valence-electron chi connectivity index (χ4n) is 3.56. The molecule has 1 saturated carbocycles. The number of nitrogens with one attached hydrogen (secondary N) is 1. The first-order chi connectivity index (χ1) is 12.6. The number of halogens is 2. The lowest BCUT2D eigenvalue weighted by atomic mass is 9.92. The van der Waals surface area contributed by atoms with E-state index in [1.165, 1.54) is 0 Å². The van der Waals surface area contributed by atoms with Gasteiger partial charge in [0.05, 0.1) is 16.9 Å². The summed E-state index contributed by atoms with van der Waals surface area (Å²) in [5.41, 5.74) is 8.75. The minimum Gasteiger partial charge on any atom is -0.348 e. The highest BCUT2D eigenvalue weighted by Gasteiger charge is 2.24. The summed E-state index contributed by atoms with van der Waals surface area (Å²) >= 11 is 0. The average Bonchev–Trinajstić information content (AvgIpc) is 3.04. The van der Waals surface area contributed by atoms with E-state index in [1.54, 1.807) is 10.9 Å². The molecular formula is C19H24Cl2N6O. The first kappa shape index (κ1) is 22.1. The van der Waals surface area contributed by atoms with Gasteiger partial charge in [-0.05, 0) is 56.9 Å². The Morgan fingerprint density at radius 2 is 1.89 bits per heavy atom. The number of hydrogen-bond acceptors (Lipinski definition) is 5. The number of pyridine rings is 1. The third-order valence-corrected chi connectivity index (χ3v) is 5.07. The van der Waals surface area contributed by atoms with Crippen LogP contribution < -0.4 is 11.1 Å². The van der Waals surface area contributed by atoms with E-state index in [0.29, 0.717) is 11.4 Å². The summed E-state index contributed by atoms with van der Waals surface area (Å²) in [6, 6.07) is 10.1. The molecule has 0 unspecified atom stereocenters. The van der Waals surface area contributed by atoms with E-state index in [0.717, 1.165) is 42.3 Å². The molecule has 1 aliphatic rings. The summed E-state index contributed by atoms with van der Waals surface area (Å²) in [5, 5.41) is 12.4. The Hall–Kier alpha value is -2.22. The number of benzene rings is 1. The molecule has 4 rings (SSSR count). The van der Waals surface area contributed by atoms with E-state index in [4.69, 9.17) is 5.73 Å². The van der Waals surface area contributed by atoms with Gasteiger partial charge in [0, 0.05) is 23.7 Å². The standard InChI is InChI=1S/C19H22N6O.2ClH/c1-12-18(19(26)22-14-9-7-13(20)8-10-14)23-24-25(12)17-6-2-5-16-15(17)4-3-11-21-16;;/h2-6,11,13-14H,7-10,20H2,1H3,(H,22,26);2*1H. The van der Waals surface area contributed by atoms with Crippen LogP contribution in [0, 0.1) is 6.92 Å². The summed E-state index contributed by atoms with van der Waals surface area (Å²) in [6.07, 6.45) is 5.47. The number of carbonyl (C=O) groups excluding carboxylic acids is 1. The van der Waals surface area contributed by atoms with Gasteiger partial charge in [-0.2, -0.15) is 0 Å². The molecule has 0 aliphatic heterocycles. The van der Waals surface area contributed by atoms with E-state index in [2.05, 4.69) is 20.6 Å². The molecule has 2 aromatic heterocycles. The highest BCUT2D eigenvalue weighted by Crippen LogP contribution is 2.22. The van der Waals surface area contributed by atoms with Gasteiger partial charge in [0.25, 0.3) is 5.91 Å². The van der Waals surface area contributed by atoms with Gasteiger partial charge < -0.3 is 11.1 Å². The van der Waals surface area contributed by atoms with E-state index in [1.807, 2.05) is 37.3 Å². The average molecular weight is 423 g/mol. The van der Waals surface area contributed by atoms with E-state index in [9.17, 15) is 4.79 Å². The van der Waals surface area contributed by atoms with Crippen LogP contribution in [0.25, 0.3) is 16.6 Å². The molecule has 9 heteroatoms. The number of fused-ring (bicyclic) bond motifs is 1. The maximum Gasteiger partial charge on any atom is 0.273 e. The van der Waals surface area contributed by atoms with Gasteiger partial charge >= 0.3 is 0 Å². The Labute approximate surface area is 175 Å². The molecule has 2 heterocycles. The molecule has 0 saturated heterocycles. The van der Waals surface area contributed by atoms with Crippen LogP contribution in [0.4, 0.5) is 0 Å². The maximum absolute atomic E-state index is 12.7. The third-order valence-electron chi connectivity index (χ3n) is 5.07. The van der Waals surface area contributed by atoms with Crippen molar-refractivity contribution in [1.82, 2.24) is 25.3 Å². The lowest BCUT2D eigenvalue weighted by Gasteiger charge is -2.26. The second kappa shape index (κ2) is 9.32. The molecule has 0 atom stereocenters. The molecule has 1 aliphatic carbocycles. The molecular weight excluding hydrogens is 399 g/mol. The number of hydrogen-bond donors (Lipinski definition) is 2. The fraction of sp³-hybridized carbons (Fsp3) is 0.368. The highest BCUT2D eigenvalue weighted by molar-refractivity contribution is 5.94. The van der Waals surface area contributed by atoms with Crippen molar-refractivity contribution in [2.24, 2.45) is 5.73 Å². The van der Waals surface area contributed by atoms with Crippen LogP contribution in [0.2, 0.25) is 0 Å². The van der Waals surface area contributed by atoms with E-state index >= 15 is 0 Å². The van der Waals surface area contributed by atoms with Crippen molar-refractivity contribution in [2.45, 2.75) is 44.7 Å². The summed E-state index contributed by atoms with van der Waals surface area (Å²) in [5.74, 6) is -0.174. The summed E-state index contributed by atoms with van der Waals surface area (Å²) in [4.78, 5) is 17.0. The van der Waals surface area contributed by atoms with Gasteiger partial charge in [-0.25, -0.2) is 4.68 Å². The third kappa shape index (κ3) is 4.27. The SMILES string of the molecule is Cc1c(C(=O)NC2CCC(N)CC2)nnn1-c1cccc2ncccc12.Cl.Cl. The zero-order chi connectivity index (χ0) is 18.1. The van der Waals surface area contributed by atoms with Crippen LogP contribution in [0.5, 0.6) is 0 Å². The Morgan fingerprint density at radius 3 is 2.64 bits per heavy atom. The molecule has 0 radical (unpaired) electrons. The monoisotopic (exact) mass is 422 g/mol. The predicted octanol–water partition coefficient (Wildman–Crippen LogP) is 2.97. The number of carbonyl (C=O) groups is 1. The minimum absolute atomic E-state index is 0. The predicted molar refractivity (Wildman–Crippen MR) is 114 cm³/mol. The summed E-state index contributed by atoms with van der Waals surface area (Å²) < 4.78 is 1.70. The zero-order valence-electron chi connectivity index (χ0n) is 15.5. The van der Waals surface area contributed by atoms with Gasteiger partial charge in [0.1, 0.15) is 0 Å². The Balaban J connectivity index is 0.00000140. The van der Waals surface area contributed by atoms with Crippen LogP contribution in [-0.4, -0.2) is 38.0 Å². The van der Waals surface area contributed by atoms with Gasteiger partial charge in [-0.15, -0.1) is 29.9 Å². The zero-order valence-corrected chi connectivity index (χ0v) is 17.2. The molecule has 3 aromatic rings. The molecule has 1 aromatic carbocycles. The lowest BCUT2D eigenvalue weighted by Crippen LogP contribution is -2.40. The first-order valence-electron chi connectivity index (χ1n) is 8.96. The van der Waals surface area contributed by atoms with E-state index in [-0.39, 0.29) is 42.8 Å². The van der Waals surface area contributed by atoms with Crippen molar-refractivity contribution in [3.63, 3.8) is 0 Å². The molecule has 3 N–H and O–H groups in total. The Morgan fingerprint density at radius 1 is 1.14 bits per heavy atom. The second-order valence-corrected chi connectivity index (χ2v) is 6.87. The van der Waals surface area contributed by atoms with Crippen molar-refractivity contribution in [1.29, 1.82) is 0 Å². The van der Waals surface area contributed by atoms with Crippen LogP contribution in [0.3, 0.4) is 0 Å². The molecule has 1 fully saturated rings. The Kier molecular flexibility index (Phi) is 7.35. The minimum atomic E-state index is -0.174. The smallest absolute Gasteiger partial charge is 0.273 e. The second-order valence-electron chi connectivity index (χ2n) is 6.87. The van der Waals surface area contributed by atoms with Crippen molar-refractivity contribution < 1.29 is 4.79 Å². The van der Waals surface area contributed by atoms with E-state index < -0.39 is 0 Å². The fourth-order valence-corrected chi connectivity index (χ4v) is 3.56. The van der Waals surface area contributed by atoms with Gasteiger partial charge in [0.15, 0.2) is 5.69 Å². The lowest BCUT2D eigenvalue weighted by molar-refractivity contribution is 0.0920. The molecule has 150 valence electrons. The number of amides is 1. The van der Waals surface area contributed by atoms with Crippen LogP contribution in [0.15, 0.2) is 36.5 Å². The van der Waals surface area contributed by atoms with Crippen molar-refractivity contribution in [3.8, 4) is 5.69 Å². The van der Waals surface area contributed by atoms with Crippen LogP contribution in [0.1, 0.15) is 41.9 Å². The van der Waals surface area contributed by atoms with Crippen molar-refractivity contribution in [2.75, 3.05) is 0 Å². The van der Waals surface area contributed by atoms with Crippen LogP contribution >= 0.6 is 24.8 Å². The van der Waals surface area contributed by atoms with Gasteiger partial charge in [-0.1, -0.05) is 11.3 Å². The van der Waals surface area contributed by atoms with Crippen molar-refractivity contribution in [3.05, 3.63) is 47.9 Å². The maximum atomic E-state index is 12.7. The normalized spacial score (nSPS) is 18.8. The molecule has 0 bridgehead atoms. The molecule has 28 heavy (non-hydrogen) atoms. The Bertz CT molecular complexity index is 947. The summed E-state index contributed by atoms with van der Waals surface area (Å²) in [6.45, 7) is 1.86. The van der Waals surface area contributed by atoms with Crippen molar-refractivity contribution >= 4 is 41.6 Å². The van der Waals surface area contributed by atoms with Crippen LogP contribution in [-0.2, 0) is 0 Å². The number of nitrogens with zero attached hydrogens (tertiary/aromatic N) is 4. The van der Waals surface area contributed by atoms with Gasteiger partial charge in [0.2, 0.25) is 0 Å². The first-order valence-corrected chi connectivity index (χ1v) is 8.96. The molecule has 0 spiro atoms. The number of nitrogens with two attached hydrogens (primary N) is 1.